The fourth-order valence-electron chi connectivity index (χ4n) is 1.43. The lowest BCUT2D eigenvalue weighted by molar-refractivity contribution is -0.133. The largest absolute Gasteiger partial charge is 0.326 e. The van der Waals surface area contributed by atoms with Crippen LogP contribution < -0.4 is 11.2 Å². The van der Waals surface area contributed by atoms with Crippen LogP contribution >= 0.6 is 0 Å². The minimum Gasteiger partial charge on any atom is -0.326 e. The molecule has 0 fully saturated rings. The highest BCUT2D eigenvalue weighted by Crippen LogP contribution is 2.08. The third-order valence-electron chi connectivity index (χ3n) is 2.29. The second-order valence-corrected chi connectivity index (χ2v) is 4.38. The number of hydroxylamine groups is 1. The van der Waals surface area contributed by atoms with Gasteiger partial charge in [0.1, 0.15) is 0 Å². The molecule has 0 aromatic heterocycles. The van der Waals surface area contributed by atoms with Crippen molar-refractivity contribution < 1.29 is 9.63 Å². The third-order valence-corrected chi connectivity index (χ3v) is 2.29. The number of hydrogen-bond acceptors (Lipinski definition) is 3. The van der Waals surface area contributed by atoms with E-state index < -0.39 is 0 Å². The summed E-state index contributed by atoms with van der Waals surface area (Å²) in [7, 11) is 0. The summed E-state index contributed by atoms with van der Waals surface area (Å²) in [5.74, 6) is 0.248. The highest BCUT2D eigenvalue weighted by Gasteiger charge is 2.07. The third kappa shape index (κ3) is 4.97. The summed E-state index contributed by atoms with van der Waals surface area (Å²) in [6.07, 6.45) is 0.297. The lowest BCUT2D eigenvalue weighted by Crippen LogP contribution is -2.27. The molecular formula is C13H20N2O2. The van der Waals surface area contributed by atoms with Gasteiger partial charge in [0.25, 0.3) is 0 Å². The second-order valence-electron chi connectivity index (χ2n) is 4.38. The molecule has 0 aliphatic carbocycles. The Kier molecular flexibility index (Phi) is 5.66. The van der Waals surface area contributed by atoms with E-state index in [1.807, 2.05) is 38.1 Å². The lowest BCUT2D eigenvalue weighted by atomic mass is 10.0. The van der Waals surface area contributed by atoms with Crippen molar-refractivity contribution in [3.8, 4) is 0 Å². The predicted molar refractivity (Wildman–Crippen MR) is 67.0 cm³/mol. The van der Waals surface area contributed by atoms with E-state index >= 15 is 0 Å². The van der Waals surface area contributed by atoms with Crippen molar-refractivity contribution in [2.45, 2.75) is 26.8 Å². The fraction of sp³-hybridized carbons (Fsp3) is 0.462. The van der Waals surface area contributed by atoms with Crippen LogP contribution in [0.1, 0.15) is 25.0 Å². The Balaban J connectivity index is 2.45. The molecule has 0 atom stereocenters. The van der Waals surface area contributed by atoms with Crippen LogP contribution in [0.5, 0.6) is 0 Å². The molecule has 1 aromatic carbocycles. The minimum atomic E-state index is -0.147. The monoisotopic (exact) mass is 236 g/mol. The molecule has 0 aliphatic rings. The molecule has 0 aliphatic heterocycles. The maximum Gasteiger partial charge on any atom is 0.247 e. The maximum absolute atomic E-state index is 11.6. The molecule has 1 rings (SSSR count). The summed E-state index contributed by atoms with van der Waals surface area (Å²) in [4.78, 5) is 16.7. The number of nitrogens with one attached hydrogen (secondary N) is 1. The lowest BCUT2D eigenvalue weighted by Gasteiger charge is -2.09. The van der Waals surface area contributed by atoms with Gasteiger partial charge in [0.05, 0.1) is 13.0 Å². The van der Waals surface area contributed by atoms with Gasteiger partial charge in [-0.25, -0.2) is 5.48 Å². The van der Waals surface area contributed by atoms with E-state index in [9.17, 15) is 4.79 Å². The van der Waals surface area contributed by atoms with Crippen molar-refractivity contribution in [3.63, 3.8) is 0 Å². The van der Waals surface area contributed by atoms with E-state index in [-0.39, 0.29) is 5.91 Å². The van der Waals surface area contributed by atoms with Gasteiger partial charge in [-0.2, -0.15) is 0 Å². The van der Waals surface area contributed by atoms with Gasteiger partial charge < -0.3 is 5.73 Å². The van der Waals surface area contributed by atoms with Crippen molar-refractivity contribution in [2.75, 3.05) is 6.61 Å². The molecule has 0 heterocycles. The Morgan fingerprint density at radius 3 is 2.59 bits per heavy atom. The van der Waals surface area contributed by atoms with Gasteiger partial charge >= 0.3 is 0 Å². The van der Waals surface area contributed by atoms with Gasteiger partial charge in [-0.3, -0.25) is 9.63 Å². The Hall–Kier alpha value is -1.39. The highest BCUT2D eigenvalue weighted by molar-refractivity contribution is 5.77. The van der Waals surface area contributed by atoms with Crippen LogP contribution in [0.4, 0.5) is 0 Å². The zero-order valence-corrected chi connectivity index (χ0v) is 10.4. The predicted octanol–water partition coefficient (Wildman–Crippen LogP) is 1.39. The molecule has 94 valence electrons. The van der Waals surface area contributed by atoms with E-state index in [4.69, 9.17) is 10.6 Å². The molecule has 4 nitrogen and oxygen atoms in total. The number of rotatable bonds is 6. The first-order chi connectivity index (χ1) is 8.13. The summed E-state index contributed by atoms with van der Waals surface area (Å²) in [6, 6.07) is 7.65. The number of hydrogen-bond donors (Lipinski definition) is 2. The van der Waals surface area contributed by atoms with Gasteiger partial charge in [0, 0.05) is 6.54 Å². The minimum absolute atomic E-state index is 0.147. The molecule has 3 N–H and O–H groups in total. The molecule has 1 aromatic rings. The Labute approximate surface area is 102 Å². The normalized spacial score (nSPS) is 10.6. The van der Waals surface area contributed by atoms with E-state index in [1.165, 1.54) is 0 Å². The van der Waals surface area contributed by atoms with E-state index in [2.05, 4.69) is 5.48 Å². The number of benzene rings is 1. The average Bonchev–Trinajstić information content (AvgIpc) is 2.29. The molecule has 0 radical (unpaired) electrons. The van der Waals surface area contributed by atoms with E-state index in [0.29, 0.717) is 25.5 Å². The van der Waals surface area contributed by atoms with Crippen molar-refractivity contribution in [3.05, 3.63) is 35.4 Å². The zero-order valence-electron chi connectivity index (χ0n) is 10.4. The van der Waals surface area contributed by atoms with E-state index in [0.717, 1.165) is 11.1 Å². The van der Waals surface area contributed by atoms with Gasteiger partial charge in [-0.15, -0.1) is 0 Å². The molecular weight excluding hydrogens is 216 g/mol. The average molecular weight is 236 g/mol. The van der Waals surface area contributed by atoms with Gasteiger partial charge in [-0.1, -0.05) is 38.1 Å². The molecule has 0 spiro atoms. The molecule has 0 saturated carbocycles. The van der Waals surface area contributed by atoms with Crippen LogP contribution in [-0.2, 0) is 22.6 Å². The van der Waals surface area contributed by atoms with Crippen LogP contribution in [-0.4, -0.2) is 12.5 Å². The number of nitrogens with two attached hydrogens (primary N) is 1. The standard InChI is InChI=1S/C13H20N2O2/c1-10(2)9-17-15-13(16)7-11-5-3-4-6-12(11)8-14/h3-6,10H,7-9,14H2,1-2H3,(H,15,16). The van der Waals surface area contributed by atoms with Crippen LogP contribution in [0.2, 0.25) is 0 Å². The van der Waals surface area contributed by atoms with Crippen LogP contribution in [0, 0.1) is 5.92 Å². The highest BCUT2D eigenvalue weighted by atomic mass is 16.6. The number of amides is 1. The fourth-order valence-corrected chi connectivity index (χ4v) is 1.43. The number of carbonyl (C=O) groups excluding carboxylic acids is 1. The first kappa shape index (κ1) is 13.7. The number of carbonyl (C=O) groups is 1. The molecule has 1 amide bonds. The van der Waals surface area contributed by atoms with E-state index in [1.54, 1.807) is 0 Å². The van der Waals surface area contributed by atoms with Crippen molar-refractivity contribution in [1.29, 1.82) is 0 Å². The van der Waals surface area contributed by atoms with Gasteiger partial charge in [-0.05, 0) is 17.0 Å². The van der Waals surface area contributed by atoms with Crippen molar-refractivity contribution >= 4 is 5.91 Å². The van der Waals surface area contributed by atoms with Crippen molar-refractivity contribution in [2.24, 2.45) is 11.7 Å². The summed E-state index contributed by atoms with van der Waals surface area (Å²) in [6.45, 7) is 5.01. The van der Waals surface area contributed by atoms with Gasteiger partial charge in [0.2, 0.25) is 5.91 Å². The molecule has 0 bridgehead atoms. The van der Waals surface area contributed by atoms with Crippen LogP contribution in [0.3, 0.4) is 0 Å². The summed E-state index contributed by atoms with van der Waals surface area (Å²) in [5.41, 5.74) is 9.97. The Bertz CT molecular complexity index is 364. The second kappa shape index (κ2) is 7.04. The summed E-state index contributed by atoms with van der Waals surface area (Å²) in [5, 5.41) is 0. The molecule has 0 unspecified atom stereocenters. The van der Waals surface area contributed by atoms with Crippen LogP contribution in [0.15, 0.2) is 24.3 Å². The summed E-state index contributed by atoms with van der Waals surface area (Å²) < 4.78 is 0. The molecule has 0 saturated heterocycles. The Morgan fingerprint density at radius 2 is 2.00 bits per heavy atom. The first-order valence-electron chi connectivity index (χ1n) is 5.81. The van der Waals surface area contributed by atoms with Gasteiger partial charge in [0.15, 0.2) is 0 Å². The maximum atomic E-state index is 11.6. The van der Waals surface area contributed by atoms with Crippen molar-refractivity contribution in [1.82, 2.24) is 5.48 Å². The smallest absolute Gasteiger partial charge is 0.247 e. The zero-order chi connectivity index (χ0) is 12.7. The quantitative estimate of drug-likeness (QED) is 0.734. The topological polar surface area (TPSA) is 64.3 Å². The SMILES string of the molecule is CC(C)CONC(=O)Cc1ccccc1CN. The molecule has 4 heteroatoms. The Morgan fingerprint density at radius 1 is 1.35 bits per heavy atom. The van der Waals surface area contributed by atoms with Crippen LogP contribution in [0.25, 0.3) is 0 Å². The first-order valence-corrected chi connectivity index (χ1v) is 5.81. The molecule has 17 heavy (non-hydrogen) atoms. The summed E-state index contributed by atoms with van der Waals surface area (Å²) >= 11 is 0.